The minimum absolute atomic E-state index is 0.168. The highest BCUT2D eigenvalue weighted by molar-refractivity contribution is 7.89. The van der Waals surface area contributed by atoms with Crippen LogP contribution in [0.5, 0.6) is 0 Å². The van der Waals surface area contributed by atoms with Crippen molar-refractivity contribution in [2.24, 2.45) is 0 Å². The monoisotopic (exact) mass is 473 g/mol. The summed E-state index contributed by atoms with van der Waals surface area (Å²) >= 11 is 0. The Labute approximate surface area is 189 Å². The molecular formula is C20H20FN7O4S. The lowest BCUT2D eigenvalue weighted by atomic mass is 10.2. The molecule has 0 unspecified atom stereocenters. The van der Waals surface area contributed by atoms with E-state index in [0.29, 0.717) is 15.6 Å². The van der Waals surface area contributed by atoms with Gasteiger partial charge in [-0.1, -0.05) is 0 Å². The average Bonchev–Trinajstić information content (AvgIpc) is 3.21. The molecule has 2 heterocycles. The van der Waals surface area contributed by atoms with Crippen LogP contribution in [0.3, 0.4) is 0 Å². The van der Waals surface area contributed by atoms with Crippen molar-refractivity contribution in [3.63, 3.8) is 0 Å². The summed E-state index contributed by atoms with van der Waals surface area (Å²) < 4.78 is 44.3. The van der Waals surface area contributed by atoms with Crippen LogP contribution in [-0.4, -0.2) is 56.3 Å². The summed E-state index contributed by atoms with van der Waals surface area (Å²) in [4.78, 5) is 20.4. The topological polar surface area (TPSA) is 125 Å². The van der Waals surface area contributed by atoms with Gasteiger partial charge in [0.25, 0.3) is 10.0 Å². The first-order chi connectivity index (χ1) is 15.5. The van der Waals surface area contributed by atoms with Gasteiger partial charge >= 0.3 is 12.8 Å². The van der Waals surface area contributed by atoms with E-state index < -0.39 is 34.2 Å². The van der Waals surface area contributed by atoms with E-state index in [-0.39, 0.29) is 17.3 Å². The molecule has 0 N–H and O–H groups in total. The molecule has 0 radical (unpaired) electrons. The fourth-order valence-corrected chi connectivity index (χ4v) is 3.76. The Balaban J connectivity index is 1.80. The molecule has 0 bridgehead atoms. The van der Waals surface area contributed by atoms with Crippen molar-refractivity contribution in [3.8, 4) is 11.4 Å². The third-order valence-electron chi connectivity index (χ3n) is 4.04. The summed E-state index contributed by atoms with van der Waals surface area (Å²) in [6, 6.07) is 8.22. The van der Waals surface area contributed by atoms with Crippen LogP contribution in [0.4, 0.5) is 9.18 Å². The average molecular weight is 473 g/mol. The number of pyridine rings is 1. The lowest BCUT2D eigenvalue weighted by Crippen LogP contribution is -2.40. The number of halogens is 1. The van der Waals surface area contributed by atoms with Crippen molar-refractivity contribution in [1.29, 1.82) is 0 Å². The predicted octanol–water partition coefficient (Wildman–Crippen LogP) is 2.73. The van der Waals surface area contributed by atoms with Crippen LogP contribution in [0.25, 0.3) is 16.2 Å². The van der Waals surface area contributed by atoms with E-state index in [1.807, 2.05) is 0 Å². The Bertz CT molecular complexity index is 1280. The fraction of sp³-hybridized carbons (Fsp3) is 0.300. The number of rotatable bonds is 6. The maximum absolute atomic E-state index is 13.0. The van der Waals surface area contributed by atoms with Gasteiger partial charge in [-0.25, -0.2) is 24.2 Å². The highest BCUT2D eigenvalue weighted by Gasteiger charge is 2.35. The molecule has 0 spiro atoms. The first-order valence-corrected chi connectivity index (χ1v) is 11.0. The maximum atomic E-state index is 13.0. The Hall–Kier alpha value is -3.92. The van der Waals surface area contributed by atoms with Gasteiger partial charge < -0.3 is 4.74 Å². The van der Waals surface area contributed by atoms with Crippen molar-refractivity contribution < 1.29 is 22.3 Å². The standard InChI is InChI=1S/C20H20FN7O4S/c1-20(2,3)32-19(29)27(13-22-4)33(30,31)17-9-5-14(6-10-17)18-24-26-28(25-18)12-16-8-7-15(21)11-23-16/h5-11H,12-13H2,1-3H3. The van der Waals surface area contributed by atoms with E-state index in [4.69, 9.17) is 11.3 Å². The molecule has 0 aliphatic rings. The molecule has 0 saturated heterocycles. The molecule has 13 heteroatoms. The van der Waals surface area contributed by atoms with Gasteiger partial charge in [0.15, 0.2) is 0 Å². The predicted molar refractivity (Wildman–Crippen MR) is 113 cm³/mol. The number of hydrogen-bond donors (Lipinski definition) is 0. The first-order valence-electron chi connectivity index (χ1n) is 9.57. The molecule has 0 aliphatic carbocycles. The Kier molecular flexibility index (Phi) is 6.68. The van der Waals surface area contributed by atoms with E-state index in [0.717, 1.165) is 6.20 Å². The molecule has 2 aromatic heterocycles. The van der Waals surface area contributed by atoms with Crippen LogP contribution in [-0.2, 0) is 21.3 Å². The summed E-state index contributed by atoms with van der Waals surface area (Å²) in [5, 5.41) is 12.1. The van der Waals surface area contributed by atoms with Crippen LogP contribution < -0.4 is 0 Å². The highest BCUT2D eigenvalue weighted by atomic mass is 32.2. The maximum Gasteiger partial charge on any atom is 0.430 e. The minimum Gasteiger partial charge on any atom is -0.443 e. The van der Waals surface area contributed by atoms with Gasteiger partial charge in [0.05, 0.1) is 16.8 Å². The number of benzene rings is 1. The number of nitrogens with zero attached hydrogens (tertiary/aromatic N) is 7. The van der Waals surface area contributed by atoms with Gasteiger partial charge in [-0.05, 0) is 62.4 Å². The summed E-state index contributed by atoms with van der Waals surface area (Å²) in [5.41, 5.74) is 0.0718. The molecule has 3 rings (SSSR count). The number of ether oxygens (including phenoxy) is 1. The Morgan fingerprint density at radius 3 is 2.48 bits per heavy atom. The normalized spacial score (nSPS) is 11.6. The summed E-state index contributed by atoms with van der Waals surface area (Å²) in [6.45, 7) is 11.2. The zero-order valence-electron chi connectivity index (χ0n) is 18.0. The second-order valence-corrected chi connectivity index (χ2v) is 9.63. The van der Waals surface area contributed by atoms with Gasteiger partial charge in [0.1, 0.15) is 18.0 Å². The molecule has 3 aromatic rings. The van der Waals surface area contributed by atoms with Crippen LogP contribution >= 0.6 is 0 Å². The van der Waals surface area contributed by atoms with Crippen molar-refractivity contribution in [1.82, 2.24) is 29.5 Å². The van der Waals surface area contributed by atoms with Crippen LogP contribution in [0.15, 0.2) is 47.5 Å². The lowest BCUT2D eigenvalue weighted by molar-refractivity contribution is 0.0403. The van der Waals surface area contributed by atoms with Gasteiger partial charge in [-0.2, -0.15) is 4.80 Å². The number of carbonyl (C=O) groups excluding carboxylic acids is 1. The fourth-order valence-electron chi connectivity index (χ4n) is 2.58. The Morgan fingerprint density at radius 2 is 1.91 bits per heavy atom. The minimum atomic E-state index is -4.33. The van der Waals surface area contributed by atoms with E-state index in [2.05, 4.69) is 25.2 Å². The third kappa shape index (κ3) is 5.86. The summed E-state index contributed by atoms with van der Waals surface area (Å²) in [5.74, 6) is -0.228. The number of sulfonamides is 1. The van der Waals surface area contributed by atoms with Crippen molar-refractivity contribution in [2.45, 2.75) is 37.8 Å². The quantitative estimate of drug-likeness (QED) is 0.501. The van der Waals surface area contributed by atoms with Gasteiger partial charge in [0.2, 0.25) is 5.82 Å². The second kappa shape index (κ2) is 9.29. The Morgan fingerprint density at radius 1 is 1.21 bits per heavy atom. The number of tetrazole rings is 1. The molecule has 172 valence electrons. The van der Waals surface area contributed by atoms with E-state index in [1.54, 1.807) is 20.8 Å². The molecule has 11 nitrogen and oxygen atoms in total. The third-order valence-corrected chi connectivity index (χ3v) is 5.75. The molecular weight excluding hydrogens is 453 g/mol. The van der Waals surface area contributed by atoms with Gasteiger partial charge in [-0.15, -0.1) is 14.5 Å². The summed E-state index contributed by atoms with van der Waals surface area (Å²) in [6.07, 6.45) is -0.0532. The zero-order chi connectivity index (χ0) is 24.2. The van der Waals surface area contributed by atoms with Crippen LogP contribution in [0.2, 0.25) is 0 Å². The van der Waals surface area contributed by atoms with Crippen LogP contribution in [0, 0.1) is 12.4 Å². The van der Waals surface area contributed by atoms with Gasteiger partial charge in [0, 0.05) is 5.56 Å². The largest absolute Gasteiger partial charge is 0.443 e. The van der Waals surface area contributed by atoms with E-state index >= 15 is 0 Å². The number of aromatic nitrogens is 5. The molecule has 33 heavy (non-hydrogen) atoms. The lowest BCUT2D eigenvalue weighted by Gasteiger charge is -2.24. The van der Waals surface area contributed by atoms with Gasteiger partial charge in [-0.3, -0.25) is 9.83 Å². The van der Waals surface area contributed by atoms with Crippen molar-refractivity contribution >= 4 is 16.1 Å². The van der Waals surface area contributed by atoms with Crippen molar-refractivity contribution in [2.75, 3.05) is 6.67 Å². The molecule has 0 aliphatic heterocycles. The first kappa shape index (κ1) is 23.7. The molecule has 1 amide bonds. The molecule has 0 saturated carbocycles. The number of amides is 1. The van der Waals surface area contributed by atoms with Crippen molar-refractivity contribution in [3.05, 3.63) is 65.5 Å². The SMILES string of the molecule is [C-]#[N+]CN(C(=O)OC(C)(C)C)S(=O)(=O)c1ccc(-c2nnn(Cc3ccc(F)cn3)n2)cc1. The van der Waals surface area contributed by atoms with Crippen LogP contribution in [0.1, 0.15) is 26.5 Å². The molecule has 0 fully saturated rings. The summed E-state index contributed by atoms with van der Waals surface area (Å²) in [7, 11) is -4.33. The molecule has 1 aromatic carbocycles. The smallest absolute Gasteiger partial charge is 0.430 e. The van der Waals surface area contributed by atoms with E-state index in [9.17, 15) is 17.6 Å². The second-order valence-electron chi connectivity index (χ2n) is 7.77. The molecule has 0 atom stereocenters. The van der Waals surface area contributed by atoms with E-state index in [1.165, 1.54) is 41.2 Å². The highest BCUT2D eigenvalue weighted by Crippen LogP contribution is 2.22. The number of hydrogen-bond acceptors (Lipinski definition) is 8. The number of carbonyl (C=O) groups is 1. The zero-order valence-corrected chi connectivity index (χ0v) is 18.8.